The van der Waals surface area contributed by atoms with Crippen LogP contribution in [0.25, 0.3) is 5.69 Å². The van der Waals surface area contributed by atoms with Crippen LogP contribution in [-0.4, -0.2) is 49.8 Å². The molecule has 2 aromatic carbocycles. The summed E-state index contributed by atoms with van der Waals surface area (Å²) in [5.41, 5.74) is 0.936. The Balaban J connectivity index is 1.70. The topological polar surface area (TPSA) is 128 Å². The molecule has 35 heavy (non-hydrogen) atoms. The number of methoxy groups -OCH3 is 2. The van der Waals surface area contributed by atoms with Gasteiger partial charge in [-0.2, -0.15) is 5.26 Å². The summed E-state index contributed by atoms with van der Waals surface area (Å²) in [5, 5.41) is 17.6. The maximum absolute atomic E-state index is 13.4. The standard InChI is InChI=1S/C23H24FN5O5S/c1-32-18-5-3-6-19(33-2)21(18)29-22(20-7-4-11-34-20)26-27-23(29)28-35(30,31)12-10-15-8-9-17(24)13-16(15)14-25/h3,5-6,8-9,13,20H,4,7,10-12H2,1-2H3,(H,27,28). The highest BCUT2D eigenvalue weighted by atomic mass is 32.2. The Bertz CT molecular complexity index is 1340. The van der Waals surface area contributed by atoms with Gasteiger partial charge < -0.3 is 14.2 Å². The number of halogens is 1. The third kappa shape index (κ3) is 5.21. The summed E-state index contributed by atoms with van der Waals surface area (Å²) >= 11 is 0. The average molecular weight is 502 g/mol. The second-order valence-electron chi connectivity index (χ2n) is 7.81. The lowest BCUT2D eigenvalue weighted by Gasteiger charge is -2.19. The van der Waals surface area contributed by atoms with Gasteiger partial charge in [0.15, 0.2) is 5.82 Å². The van der Waals surface area contributed by atoms with Gasteiger partial charge in [0, 0.05) is 6.61 Å². The molecule has 10 nitrogen and oxygen atoms in total. The van der Waals surface area contributed by atoms with Crippen LogP contribution in [0.1, 0.15) is 35.9 Å². The van der Waals surface area contributed by atoms with E-state index in [0.29, 0.717) is 41.6 Å². The highest BCUT2D eigenvalue weighted by molar-refractivity contribution is 7.92. The number of nitrogens with one attached hydrogen (secondary N) is 1. The summed E-state index contributed by atoms with van der Waals surface area (Å²) in [4.78, 5) is 0. The largest absolute Gasteiger partial charge is 0.494 e. The molecule has 1 aromatic heterocycles. The van der Waals surface area contributed by atoms with Gasteiger partial charge in [-0.15, -0.1) is 10.2 Å². The van der Waals surface area contributed by atoms with Crippen molar-refractivity contribution in [3.05, 3.63) is 59.2 Å². The zero-order valence-corrected chi connectivity index (χ0v) is 20.0. The minimum Gasteiger partial charge on any atom is -0.494 e. The molecule has 184 valence electrons. The number of nitriles is 1. The van der Waals surface area contributed by atoms with Gasteiger partial charge >= 0.3 is 0 Å². The number of sulfonamides is 1. The third-order valence-electron chi connectivity index (χ3n) is 5.61. The van der Waals surface area contributed by atoms with Crippen LogP contribution in [0.3, 0.4) is 0 Å². The van der Waals surface area contributed by atoms with Crippen LogP contribution in [0.4, 0.5) is 10.3 Å². The molecular weight excluding hydrogens is 477 g/mol. The van der Waals surface area contributed by atoms with Gasteiger partial charge in [-0.3, -0.25) is 9.29 Å². The highest BCUT2D eigenvalue weighted by Crippen LogP contribution is 2.38. The van der Waals surface area contributed by atoms with Crippen LogP contribution in [0.2, 0.25) is 0 Å². The Morgan fingerprint density at radius 2 is 1.97 bits per heavy atom. The summed E-state index contributed by atoms with van der Waals surface area (Å²) in [6, 6.07) is 10.7. The van der Waals surface area contributed by atoms with E-state index in [2.05, 4.69) is 14.9 Å². The van der Waals surface area contributed by atoms with Crippen molar-refractivity contribution in [3.8, 4) is 23.3 Å². The van der Waals surface area contributed by atoms with Crippen molar-refractivity contribution in [3.63, 3.8) is 0 Å². The van der Waals surface area contributed by atoms with E-state index < -0.39 is 15.8 Å². The van der Waals surface area contributed by atoms with Gasteiger partial charge in [-0.25, -0.2) is 12.8 Å². The number of aromatic nitrogens is 3. The van der Waals surface area contributed by atoms with Crippen LogP contribution >= 0.6 is 0 Å². The number of rotatable bonds is 9. The lowest BCUT2D eigenvalue weighted by Crippen LogP contribution is -2.22. The molecule has 1 saturated heterocycles. The lowest BCUT2D eigenvalue weighted by atomic mass is 10.1. The molecule has 1 atom stereocenters. The van der Waals surface area contributed by atoms with E-state index in [4.69, 9.17) is 14.2 Å². The Morgan fingerprint density at radius 3 is 2.60 bits per heavy atom. The van der Waals surface area contributed by atoms with E-state index >= 15 is 0 Å². The summed E-state index contributed by atoms with van der Waals surface area (Å²) < 4.78 is 60.3. The molecule has 12 heteroatoms. The Kier molecular flexibility index (Phi) is 7.18. The number of nitrogens with zero attached hydrogens (tertiary/aromatic N) is 4. The molecule has 0 amide bonds. The lowest BCUT2D eigenvalue weighted by molar-refractivity contribution is 0.103. The van der Waals surface area contributed by atoms with E-state index in [1.807, 2.05) is 6.07 Å². The van der Waals surface area contributed by atoms with Gasteiger partial charge in [0.05, 0.1) is 31.6 Å². The molecule has 1 unspecified atom stereocenters. The summed E-state index contributed by atoms with van der Waals surface area (Å²) in [7, 11) is -0.959. The molecule has 4 rings (SSSR count). The predicted molar refractivity (Wildman–Crippen MR) is 125 cm³/mol. The normalized spacial score (nSPS) is 15.5. The molecule has 0 bridgehead atoms. The summed E-state index contributed by atoms with van der Waals surface area (Å²) in [5.74, 6) is 0.277. The van der Waals surface area contributed by atoms with Gasteiger partial charge in [0.1, 0.15) is 29.1 Å². The summed E-state index contributed by atoms with van der Waals surface area (Å²) in [6.45, 7) is 0.556. The first-order valence-corrected chi connectivity index (χ1v) is 12.5. The minimum atomic E-state index is -3.95. The fourth-order valence-electron chi connectivity index (χ4n) is 3.93. The zero-order valence-electron chi connectivity index (χ0n) is 19.2. The molecule has 3 aromatic rings. The quantitative estimate of drug-likeness (QED) is 0.474. The smallest absolute Gasteiger partial charge is 0.243 e. The molecule has 1 aliphatic rings. The highest BCUT2D eigenvalue weighted by Gasteiger charge is 2.30. The first kappa shape index (κ1) is 24.4. The first-order valence-electron chi connectivity index (χ1n) is 10.8. The fraction of sp³-hybridized carbons (Fsp3) is 0.348. The Morgan fingerprint density at radius 1 is 1.23 bits per heavy atom. The van der Waals surface area contributed by atoms with E-state index in [-0.39, 0.29) is 29.8 Å². The van der Waals surface area contributed by atoms with Crippen molar-refractivity contribution in [2.75, 3.05) is 31.3 Å². The average Bonchev–Trinajstić information content (AvgIpc) is 3.52. The zero-order chi connectivity index (χ0) is 25.0. The maximum atomic E-state index is 13.4. The second-order valence-corrected chi connectivity index (χ2v) is 9.66. The SMILES string of the molecule is COc1cccc(OC)c1-n1c(NS(=O)(=O)CCc2ccc(F)cc2C#N)nnc1C1CCCO1. The number of anilines is 1. The fourth-order valence-corrected chi connectivity index (χ4v) is 4.93. The van der Waals surface area contributed by atoms with Gasteiger partial charge in [-0.1, -0.05) is 12.1 Å². The van der Waals surface area contributed by atoms with E-state index in [1.54, 1.807) is 18.2 Å². The molecule has 0 aliphatic carbocycles. The number of benzene rings is 2. The molecule has 1 N–H and O–H groups in total. The van der Waals surface area contributed by atoms with Crippen molar-refractivity contribution >= 4 is 16.0 Å². The van der Waals surface area contributed by atoms with Gasteiger partial charge in [0.25, 0.3) is 0 Å². The van der Waals surface area contributed by atoms with Crippen LogP contribution in [0.15, 0.2) is 36.4 Å². The molecule has 0 saturated carbocycles. The molecule has 0 radical (unpaired) electrons. The third-order valence-corrected chi connectivity index (χ3v) is 6.85. The van der Waals surface area contributed by atoms with Gasteiger partial charge in [-0.05, 0) is 49.1 Å². The van der Waals surface area contributed by atoms with Crippen LogP contribution < -0.4 is 14.2 Å². The van der Waals surface area contributed by atoms with Crippen molar-refractivity contribution in [2.24, 2.45) is 0 Å². The number of aryl methyl sites for hydroxylation is 1. The molecule has 1 fully saturated rings. The Labute approximate surface area is 202 Å². The molecular formula is C23H24FN5O5S. The maximum Gasteiger partial charge on any atom is 0.243 e. The monoisotopic (exact) mass is 501 g/mol. The van der Waals surface area contributed by atoms with Gasteiger partial charge in [0.2, 0.25) is 16.0 Å². The number of para-hydroxylation sites is 1. The van der Waals surface area contributed by atoms with E-state index in [9.17, 15) is 18.1 Å². The molecule has 1 aliphatic heterocycles. The van der Waals surface area contributed by atoms with Crippen LogP contribution in [0, 0.1) is 17.1 Å². The van der Waals surface area contributed by atoms with Crippen LogP contribution in [-0.2, 0) is 21.2 Å². The summed E-state index contributed by atoms with van der Waals surface area (Å²) in [6.07, 6.45) is 1.15. The van der Waals surface area contributed by atoms with Crippen molar-refractivity contribution < 1.29 is 27.0 Å². The molecule has 2 heterocycles. The second kappa shape index (κ2) is 10.3. The minimum absolute atomic E-state index is 0.00319. The number of hydrogen-bond acceptors (Lipinski definition) is 8. The van der Waals surface area contributed by atoms with Crippen LogP contribution in [0.5, 0.6) is 11.5 Å². The molecule has 0 spiro atoms. The van der Waals surface area contributed by atoms with E-state index in [1.165, 1.54) is 30.9 Å². The predicted octanol–water partition coefficient (Wildman–Crippen LogP) is 3.13. The van der Waals surface area contributed by atoms with Crippen molar-refractivity contribution in [1.29, 1.82) is 5.26 Å². The van der Waals surface area contributed by atoms with Crippen molar-refractivity contribution in [1.82, 2.24) is 14.8 Å². The number of hydrogen-bond donors (Lipinski definition) is 1. The Hall–Kier alpha value is -3.69. The van der Waals surface area contributed by atoms with Crippen molar-refractivity contribution in [2.45, 2.75) is 25.4 Å². The first-order chi connectivity index (χ1) is 16.9. The number of ether oxygens (including phenoxy) is 3. The van der Waals surface area contributed by atoms with E-state index in [0.717, 1.165) is 12.5 Å².